The van der Waals surface area contributed by atoms with E-state index in [1.54, 1.807) is 6.42 Å². The Morgan fingerprint density at radius 1 is 0.773 bits per heavy atom. The molecule has 4 heterocycles. The quantitative estimate of drug-likeness (QED) is 0.657. The van der Waals surface area contributed by atoms with Crippen LogP contribution in [0.4, 0.5) is 0 Å². The van der Waals surface area contributed by atoms with Crippen molar-refractivity contribution >= 4 is 10.4 Å². The molecular weight excluding hydrogens is 304 g/mol. The Morgan fingerprint density at radius 3 is 1.59 bits per heavy atom. The number of nitrogens with zero attached hydrogens (tertiary/aromatic N) is 2. The van der Waals surface area contributed by atoms with Gasteiger partial charge in [-0.25, -0.2) is 0 Å². The molecule has 0 aromatic rings. The van der Waals surface area contributed by atoms with Crippen LogP contribution in [0.2, 0.25) is 0 Å². The summed E-state index contributed by atoms with van der Waals surface area (Å²) < 4.78 is 31.6. The topological polar surface area (TPSA) is 81.1 Å². The summed E-state index contributed by atoms with van der Waals surface area (Å²) in [7, 11) is -4.67. The number of piperidine rings is 4. The first-order valence-corrected chi connectivity index (χ1v) is 9.99. The molecule has 0 saturated carbocycles. The van der Waals surface area contributed by atoms with E-state index in [9.17, 15) is 0 Å². The molecule has 7 heteroatoms. The van der Waals surface area contributed by atoms with Crippen LogP contribution in [0, 0.1) is 11.8 Å². The minimum absolute atomic E-state index is 0.961. The van der Waals surface area contributed by atoms with Crippen LogP contribution in [0.1, 0.15) is 44.9 Å². The van der Waals surface area contributed by atoms with Gasteiger partial charge in [0.1, 0.15) is 0 Å². The zero-order chi connectivity index (χ0) is 15.7. The van der Waals surface area contributed by atoms with Crippen molar-refractivity contribution in [3.8, 4) is 0 Å². The summed E-state index contributed by atoms with van der Waals surface area (Å²) in [6, 6.07) is 1.92. The fraction of sp³-hybridized carbons (Fsp3) is 1.00. The first-order chi connectivity index (χ1) is 10.4. The SMILES string of the molecule is C1CCN2C[C@H]3C[C@H](CN4CCCC[C@@H]34)[C@@H]2C1.O=S(=O)(O)O. The monoisotopic (exact) mass is 332 g/mol. The van der Waals surface area contributed by atoms with Crippen LogP contribution >= 0.6 is 0 Å². The number of fused-ring (bicyclic) bond motifs is 6. The van der Waals surface area contributed by atoms with Crippen molar-refractivity contribution in [2.75, 3.05) is 26.2 Å². The van der Waals surface area contributed by atoms with Gasteiger partial charge in [-0.15, -0.1) is 0 Å². The first-order valence-electron chi connectivity index (χ1n) is 8.60. The molecule has 22 heavy (non-hydrogen) atoms. The number of hydrogen-bond donors (Lipinski definition) is 2. The highest BCUT2D eigenvalue weighted by atomic mass is 32.3. The molecule has 2 N–H and O–H groups in total. The summed E-state index contributed by atoms with van der Waals surface area (Å²) in [4.78, 5) is 5.74. The Hall–Kier alpha value is -0.210. The number of hydrogen-bond acceptors (Lipinski definition) is 4. The molecule has 128 valence electrons. The van der Waals surface area contributed by atoms with Crippen LogP contribution in [0.15, 0.2) is 0 Å². The van der Waals surface area contributed by atoms with Gasteiger partial charge in [-0.1, -0.05) is 12.8 Å². The average Bonchev–Trinajstić information content (AvgIpc) is 2.46. The molecule has 4 rings (SSSR count). The molecule has 0 spiro atoms. The molecule has 0 amide bonds. The van der Waals surface area contributed by atoms with Crippen molar-refractivity contribution in [2.24, 2.45) is 11.8 Å². The molecule has 6 nitrogen and oxygen atoms in total. The highest BCUT2D eigenvalue weighted by molar-refractivity contribution is 7.79. The van der Waals surface area contributed by atoms with Crippen LogP contribution < -0.4 is 0 Å². The predicted octanol–water partition coefficient (Wildman–Crippen LogP) is 1.69. The molecule has 4 fully saturated rings. The van der Waals surface area contributed by atoms with Gasteiger partial charge in [-0.3, -0.25) is 18.9 Å². The van der Waals surface area contributed by atoms with Crippen molar-refractivity contribution in [2.45, 2.75) is 57.0 Å². The molecule has 0 unspecified atom stereocenters. The van der Waals surface area contributed by atoms with Gasteiger partial charge in [0.25, 0.3) is 0 Å². The number of rotatable bonds is 0. The molecule has 4 aliphatic rings. The summed E-state index contributed by atoms with van der Waals surface area (Å²) >= 11 is 0. The third kappa shape index (κ3) is 4.00. The lowest BCUT2D eigenvalue weighted by Crippen LogP contribution is -2.63. The van der Waals surface area contributed by atoms with Crippen LogP contribution in [-0.4, -0.2) is 65.6 Å². The second-order valence-corrected chi connectivity index (χ2v) is 8.22. The van der Waals surface area contributed by atoms with Crippen molar-refractivity contribution in [1.29, 1.82) is 0 Å². The maximum Gasteiger partial charge on any atom is 0.394 e. The maximum absolute atomic E-state index is 8.74. The third-order valence-electron chi connectivity index (χ3n) is 5.96. The molecule has 0 aromatic heterocycles. The Labute approximate surface area is 133 Å². The fourth-order valence-electron chi connectivity index (χ4n) is 5.25. The predicted molar refractivity (Wildman–Crippen MR) is 84.2 cm³/mol. The highest BCUT2D eigenvalue weighted by Gasteiger charge is 2.46. The molecule has 4 atom stereocenters. The lowest BCUT2D eigenvalue weighted by atomic mass is 9.71. The van der Waals surface area contributed by atoms with Gasteiger partial charge in [0.15, 0.2) is 0 Å². The fourth-order valence-corrected chi connectivity index (χ4v) is 5.25. The molecule has 0 aliphatic carbocycles. The van der Waals surface area contributed by atoms with Gasteiger partial charge < -0.3 is 0 Å². The summed E-state index contributed by atoms with van der Waals surface area (Å²) in [6.07, 6.45) is 10.5. The highest BCUT2D eigenvalue weighted by Crippen LogP contribution is 2.42. The lowest BCUT2D eigenvalue weighted by Gasteiger charge is -2.57. The zero-order valence-electron chi connectivity index (χ0n) is 13.1. The van der Waals surface area contributed by atoms with Gasteiger partial charge in [0.05, 0.1) is 0 Å². The Balaban J connectivity index is 0.000000254. The van der Waals surface area contributed by atoms with Crippen LogP contribution in [0.3, 0.4) is 0 Å². The Morgan fingerprint density at radius 2 is 1.18 bits per heavy atom. The van der Waals surface area contributed by atoms with Gasteiger partial charge in [-0.05, 0) is 57.0 Å². The average molecular weight is 332 g/mol. The van der Waals surface area contributed by atoms with Gasteiger partial charge in [0, 0.05) is 25.2 Å². The van der Waals surface area contributed by atoms with Gasteiger partial charge in [-0.2, -0.15) is 8.42 Å². The van der Waals surface area contributed by atoms with Gasteiger partial charge in [0.2, 0.25) is 0 Å². The summed E-state index contributed by atoms with van der Waals surface area (Å²) in [6.45, 7) is 5.68. The van der Waals surface area contributed by atoms with E-state index in [2.05, 4.69) is 9.80 Å². The Kier molecular flexibility index (Phi) is 5.09. The third-order valence-corrected chi connectivity index (χ3v) is 5.96. The minimum Gasteiger partial charge on any atom is -0.300 e. The van der Waals surface area contributed by atoms with E-state index >= 15 is 0 Å². The summed E-state index contributed by atoms with van der Waals surface area (Å²) in [5, 5.41) is 0. The van der Waals surface area contributed by atoms with E-state index in [4.69, 9.17) is 17.5 Å². The van der Waals surface area contributed by atoms with E-state index in [0.717, 1.165) is 23.9 Å². The van der Waals surface area contributed by atoms with E-state index in [1.807, 2.05) is 0 Å². The normalized spacial score (nSPS) is 39.2. The van der Waals surface area contributed by atoms with Crippen LogP contribution in [0.5, 0.6) is 0 Å². The Bertz CT molecular complexity index is 448. The van der Waals surface area contributed by atoms with E-state index in [-0.39, 0.29) is 0 Å². The molecule has 0 aromatic carbocycles. The van der Waals surface area contributed by atoms with E-state index in [0.29, 0.717) is 0 Å². The molecule has 0 radical (unpaired) electrons. The van der Waals surface area contributed by atoms with Crippen LogP contribution in [-0.2, 0) is 10.4 Å². The molecule has 4 saturated heterocycles. The van der Waals surface area contributed by atoms with E-state index in [1.165, 1.54) is 64.7 Å². The van der Waals surface area contributed by atoms with Crippen molar-refractivity contribution in [3.63, 3.8) is 0 Å². The zero-order valence-corrected chi connectivity index (χ0v) is 13.9. The van der Waals surface area contributed by atoms with Crippen molar-refractivity contribution < 1.29 is 17.5 Å². The van der Waals surface area contributed by atoms with E-state index < -0.39 is 10.4 Å². The minimum atomic E-state index is -4.67. The second-order valence-electron chi connectivity index (χ2n) is 7.32. The van der Waals surface area contributed by atoms with Gasteiger partial charge >= 0.3 is 10.4 Å². The molecular formula is C15H28N2O4S. The van der Waals surface area contributed by atoms with Crippen molar-refractivity contribution in [1.82, 2.24) is 9.80 Å². The summed E-state index contributed by atoms with van der Waals surface area (Å²) in [5.41, 5.74) is 0. The molecule has 2 bridgehead atoms. The second kappa shape index (κ2) is 6.73. The first kappa shape index (κ1) is 16.6. The standard InChI is InChI=1S/C15H26N2.H2O4S/c1-3-7-16-11-13-9-12(14(16)5-1)10-17-8-4-2-6-15(13)17;1-5(2,3)4/h12-15H,1-11H2;(H2,1,2,3,4)/t12-,13-,14+,15+;/m1./s1. The summed E-state index contributed by atoms with van der Waals surface area (Å²) in [5.74, 6) is 2.03. The van der Waals surface area contributed by atoms with Crippen molar-refractivity contribution in [3.05, 3.63) is 0 Å². The largest absolute Gasteiger partial charge is 0.394 e. The maximum atomic E-state index is 8.74. The molecule has 4 aliphatic heterocycles. The lowest BCUT2D eigenvalue weighted by molar-refractivity contribution is -0.0718. The smallest absolute Gasteiger partial charge is 0.300 e. The van der Waals surface area contributed by atoms with Crippen LogP contribution in [0.25, 0.3) is 0 Å².